The van der Waals surface area contributed by atoms with Crippen molar-refractivity contribution in [3.8, 4) is 0 Å². The van der Waals surface area contributed by atoms with E-state index in [2.05, 4.69) is 16.8 Å². The minimum absolute atomic E-state index is 0.141. The summed E-state index contributed by atoms with van der Waals surface area (Å²) in [5, 5.41) is 0. The van der Waals surface area contributed by atoms with Gasteiger partial charge in [-0.3, -0.25) is 4.79 Å². The molecule has 2 aliphatic rings. The van der Waals surface area contributed by atoms with Gasteiger partial charge in [0.25, 0.3) is 0 Å². The van der Waals surface area contributed by atoms with Crippen LogP contribution in [0.1, 0.15) is 32.6 Å². The number of carbonyl (C=O) groups excluding carboxylic acids is 1. The van der Waals surface area contributed by atoms with E-state index in [-0.39, 0.29) is 11.9 Å². The Balaban J connectivity index is 2.03. The lowest BCUT2D eigenvalue weighted by molar-refractivity contribution is -0.136. The molecule has 2 N–H and O–H groups in total. The number of nitrogens with two attached hydrogens (primary N) is 1. The van der Waals surface area contributed by atoms with Gasteiger partial charge < -0.3 is 15.5 Å². The summed E-state index contributed by atoms with van der Waals surface area (Å²) in [7, 11) is 2.13. The van der Waals surface area contributed by atoms with Crippen LogP contribution >= 0.6 is 0 Å². The van der Waals surface area contributed by atoms with Crippen molar-refractivity contribution in [1.29, 1.82) is 0 Å². The monoisotopic (exact) mass is 225 g/mol. The molecule has 4 nitrogen and oxygen atoms in total. The topological polar surface area (TPSA) is 49.6 Å². The smallest absolute Gasteiger partial charge is 0.239 e. The van der Waals surface area contributed by atoms with Crippen LogP contribution in [0, 0.1) is 0 Å². The predicted octanol–water partition coefficient (Wildman–Crippen LogP) is 0.419. The molecular weight excluding hydrogens is 202 g/mol. The summed E-state index contributed by atoms with van der Waals surface area (Å²) < 4.78 is 0. The first kappa shape index (κ1) is 11.9. The van der Waals surface area contributed by atoms with E-state index in [1.54, 1.807) is 6.92 Å². The molecule has 0 spiro atoms. The second-order valence-electron chi connectivity index (χ2n) is 5.32. The van der Waals surface area contributed by atoms with Gasteiger partial charge in [-0.15, -0.1) is 0 Å². The van der Waals surface area contributed by atoms with Gasteiger partial charge in [0.05, 0.1) is 6.04 Å². The average Bonchev–Trinajstić information content (AvgIpc) is 3.02. The van der Waals surface area contributed by atoms with Crippen LogP contribution in [0.5, 0.6) is 0 Å². The maximum Gasteiger partial charge on any atom is 0.239 e. The largest absolute Gasteiger partial charge is 0.334 e. The van der Waals surface area contributed by atoms with Crippen LogP contribution in [-0.2, 0) is 4.79 Å². The number of likely N-dealkylation sites (tertiary alicyclic amines) is 1. The first-order valence-electron chi connectivity index (χ1n) is 6.36. The molecule has 2 rings (SSSR count). The Bertz CT molecular complexity index is 263. The molecule has 2 atom stereocenters. The normalized spacial score (nSPS) is 28.8. The Hall–Kier alpha value is -0.610. The Morgan fingerprint density at radius 3 is 2.56 bits per heavy atom. The highest BCUT2D eigenvalue weighted by atomic mass is 16.2. The highest BCUT2D eigenvalue weighted by molar-refractivity contribution is 5.82. The minimum Gasteiger partial charge on any atom is -0.334 e. The number of likely N-dealkylation sites (N-methyl/N-ethyl adjacent to an activating group) is 1. The van der Waals surface area contributed by atoms with Crippen molar-refractivity contribution in [1.82, 2.24) is 9.80 Å². The molecule has 2 fully saturated rings. The Morgan fingerprint density at radius 1 is 1.38 bits per heavy atom. The second-order valence-corrected chi connectivity index (χ2v) is 5.32. The van der Waals surface area contributed by atoms with E-state index in [4.69, 9.17) is 5.73 Å². The van der Waals surface area contributed by atoms with Gasteiger partial charge in [-0.2, -0.15) is 0 Å². The fraction of sp³-hybridized carbons (Fsp3) is 0.917. The van der Waals surface area contributed by atoms with E-state index in [9.17, 15) is 4.79 Å². The maximum absolute atomic E-state index is 12.1. The SMILES string of the molecule is CC(N)C(=O)N(C1CC1)[C@H]1CCCN(C)C1. The zero-order valence-electron chi connectivity index (χ0n) is 10.4. The molecular formula is C12H23N3O. The molecule has 16 heavy (non-hydrogen) atoms. The lowest BCUT2D eigenvalue weighted by atomic mass is 10.0. The fourth-order valence-electron chi connectivity index (χ4n) is 2.61. The van der Waals surface area contributed by atoms with Crippen LogP contribution in [0.4, 0.5) is 0 Å². The number of carbonyl (C=O) groups is 1. The van der Waals surface area contributed by atoms with E-state index < -0.39 is 0 Å². The number of amides is 1. The van der Waals surface area contributed by atoms with Crippen LogP contribution in [0.2, 0.25) is 0 Å². The van der Waals surface area contributed by atoms with Crippen LogP contribution in [0.25, 0.3) is 0 Å². The van der Waals surface area contributed by atoms with Crippen molar-refractivity contribution < 1.29 is 4.79 Å². The van der Waals surface area contributed by atoms with Crippen molar-refractivity contribution in [2.75, 3.05) is 20.1 Å². The van der Waals surface area contributed by atoms with E-state index in [0.717, 1.165) is 19.5 Å². The average molecular weight is 225 g/mol. The lowest BCUT2D eigenvalue weighted by Gasteiger charge is -2.39. The van der Waals surface area contributed by atoms with Gasteiger partial charge in [0.2, 0.25) is 5.91 Å². The van der Waals surface area contributed by atoms with Crippen LogP contribution in [0.15, 0.2) is 0 Å². The summed E-state index contributed by atoms with van der Waals surface area (Å²) in [6.45, 7) is 3.96. The molecule has 1 heterocycles. The summed E-state index contributed by atoms with van der Waals surface area (Å²) >= 11 is 0. The minimum atomic E-state index is -0.354. The third kappa shape index (κ3) is 2.55. The molecule has 92 valence electrons. The van der Waals surface area contributed by atoms with E-state index in [0.29, 0.717) is 12.1 Å². The number of hydrogen-bond acceptors (Lipinski definition) is 3. The molecule has 1 unspecified atom stereocenters. The van der Waals surface area contributed by atoms with E-state index >= 15 is 0 Å². The first-order chi connectivity index (χ1) is 7.59. The molecule has 4 heteroatoms. The quantitative estimate of drug-likeness (QED) is 0.757. The Labute approximate surface area is 97.8 Å². The Morgan fingerprint density at radius 2 is 2.06 bits per heavy atom. The molecule has 1 saturated heterocycles. The summed E-state index contributed by atoms with van der Waals surface area (Å²) in [4.78, 5) is 16.5. The summed E-state index contributed by atoms with van der Waals surface area (Å²) in [6.07, 6.45) is 4.66. The predicted molar refractivity (Wildman–Crippen MR) is 64.0 cm³/mol. The number of nitrogens with zero attached hydrogens (tertiary/aromatic N) is 2. The maximum atomic E-state index is 12.1. The van der Waals surface area contributed by atoms with Crippen molar-refractivity contribution in [2.45, 2.75) is 50.7 Å². The molecule has 0 aromatic heterocycles. The fourth-order valence-corrected chi connectivity index (χ4v) is 2.61. The molecule has 0 aromatic rings. The molecule has 0 radical (unpaired) electrons. The van der Waals surface area contributed by atoms with E-state index in [1.807, 2.05) is 0 Å². The first-order valence-corrected chi connectivity index (χ1v) is 6.36. The van der Waals surface area contributed by atoms with Crippen molar-refractivity contribution in [3.63, 3.8) is 0 Å². The second kappa shape index (κ2) is 4.72. The van der Waals surface area contributed by atoms with Gasteiger partial charge >= 0.3 is 0 Å². The van der Waals surface area contributed by atoms with Crippen molar-refractivity contribution >= 4 is 5.91 Å². The van der Waals surface area contributed by atoms with Crippen LogP contribution in [-0.4, -0.2) is 54.0 Å². The third-order valence-corrected chi connectivity index (χ3v) is 3.58. The zero-order chi connectivity index (χ0) is 11.7. The van der Waals surface area contributed by atoms with Gasteiger partial charge in [-0.05, 0) is 46.2 Å². The van der Waals surface area contributed by atoms with E-state index in [1.165, 1.54) is 19.3 Å². The summed E-state index contributed by atoms with van der Waals surface area (Å²) in [5.41, 5.74) is 5.74. The van der Waals surface area contributed by atoms with Crippen LogP contribution < -0.4 is 5.73 Å². The van der Waals surface area contributed by atoms with Gasteiger partial charge in [0.15, 0.2) is 0 Å². The third-order valence-electron chi connectivity index (χ3n) is 3.58. The van der Waals surface area contributed by atoms with Crippen molar-refractivity contribution in [3.05, 3.63) is 0 Å². The van der Waals surface area contributed by atoms with Gasteiger partial charge in [-0.25, -0.2) is 0 Å². The van der Waals surface area contributed by atoms with Gasteiger partial charge in [-0.1, -0.05) is 0 Å². The zero-order valence-corrected chi connectivity index (χ0v) is 10.4. The van der Waals surface area contributed by atoms with Gasteiger partial charge in [0.1, 0.15) is 0 Å². The molecule has 1 aliphatic heterocycles. The highest BCUT2D eigenvalue weighted by Gasteiger charge is 2.39. The summed E-state index contributed by atoms with van der Waals surface area (Å²) in [6, 6.07) is 0.521. The highest BCUT2D eigenvalue weighted by Crippen LogP contribution is 2.31. The molecule has 1 amide bonds. The standard InChI is InChI=1S/C12H23N3O/c1-9(13)12(16)15(10-5-6-10)11-4-3-7-14(2)8-11/h9-11H,3-8,13H2,1-2H3/t9?,11-/m0/s1. The number of rotatable bonds is 3. The number of piperidine rings is 1. The Kier molecular flexibility index (Phi) is 3.50. The van der Waals surface area contributed by atoms with Crippen LogP contribution in [0.3, 0.4) is 0 Å². The van der Waals surface area contributed by atoms with Crippen molar-refractivity contribution in [2.24, 2.45) is 5.73 Å². The molecule has 1 saturated carbocycles. The number of hydrogen-bond donors (Lipinski definition) is 1. The summed E-state index contributed by atoms with van der Waals surface area (Å²) in [5.74, 6) is 0.141. The van der Waals surface area contributed by atoms with Gasteiger partial charge in [0, 0.05) is 18.6 Å². The molecule has 0 aromatic carbocycles. The lowest BCUT2D eigenvalue weighted by Crippen LogP contribution is -2.54. The molecule has 1 aliphatic carbocycles. The molecule has 0 bridgehead atoms.